The Hall–Kier alpha value is -1.52. The smallest absolute Gasteiger partial charge is 0.192 e. The summed E-state index contributed by atoms with van der Waals surface area (Å²) in [5.74, 6) is 0.710. The van der Waals surface area contributed by atoms with Gasteiger partial charge in [-0.3, -0.25) is 4.99 Å². The number of aromatic nitrogens is 2. The Labute approximate surface area is 101 Å². The Morgan fingerprint density at radius 2 is 2.29 bits per heavy atom. The summed E-state index contributed by atoms with van der Waals surface area (Å²) in [7, 11) is 0. The van der Waals surface area contributed by atoms with Gasteiger partial charge in [0.25, 0.3) is 0 Å². The van der Waals surface area contributed by atoms with Crippen LogP contribution >= 0.6 is 0 Å². The molecular weight excluding hydrogens is 214 g/mol. The normalized spacial score (nSPS) is 24.2. The molecular formula is C12H19N5. The topological polar surface area (TPSA) is 59.4 Å². The van der Waals surface area contributed by atoms with Gasteiger partial charge in [-0.2, -0.15) is 0 Å². The lowest BCUT2D eigenvalue weighted by Gasteiger charge is -2.26. The van der Waals surface area contributed by atoms with Crippen molar-refractivity contribution in [3.8, 4) is 0 Å². The molecule has 0 aromatic carbocycles. The second-order valence-corrected chi connectivity index (χ2v) is 4.87. The second-order valence-electron chi connectivity index (χ2n) is 4.87. The number of nitrogens with zero attached hydrogens (tertiary/aromatic N) is 4. The molecule has 2 aliphatic rings. The molecule has 0 spiro atoms. The molecule has 5 nitrogen and oxygen atoms in total. The molecule has 0 amide bonds. The third-order valence-electron chi connectivity index (χ3n) is 3.52. The number of hydrogen-bond acceptors (Lipinski definition) is 4. The molecule has 1 aliphatic carbocycles. The maximum atomic E-state index is 5.99. The van der Waals surface area contributed by atoms with E-state index in [0.29, 0.717) is 18.0 Å². The third-order valence-corrected chi connectivity index (χ3v) is 3.52. The zero-order chi connectivity index (χ0) is 11.8. The molecule has 2 heterocycles. The molecule has 92 valence electrons. The van der Waals surface area contributed by atoms with Crippen LogP contribution in [0.1, 0.15) is 37.9 Å². The average molecular weight is 233 g/mol. The summed E-state index contributed by atoms with van der Waals surface area (Å²) in [6.07, 6.45) is 7.49. The van der Waals surface area contributed by atoms with E-state index < -0.39 is 0 Å². The summed E-state index contributed by atoms with van der Waals surface area (Å²) in [4.78, 5) is 10.9. The predicted molar refractivity (Wildman–Crippen MR) is 66.6 cm³/mol. The van der Waals surface area contributed by atoms with Crippen molar-refractivity contribution in [1.82, 2.24) is 14.5 Å². The number of rotatable bonds is 4. The van der Waals surface area contributed by atoms with Crippen LogP contribution in [0.2, 0.25) is 0 Å². The SMILES string of the molecule is CCCn1cncc1C1CN=C(N)N1C1CC1. The molecule has 0 saturated heterocycles. The number of aryl methyl sites for hydroxylation is 1. The molecule has 2 N–H and O–H groups in total. The molecule has 1 aliphatic heterocycles. The lowest BCUT2D eigenvalue weighted by atomic mass is 10.2. The molecule has 1 saturated carbocycles. The molecule has 1 atom stereocenters. The molecule has 0 radical (unpaired) electrons. The van der Waals surface area contributed by atoms with Gasteiger partial charge in [-0.05, 0) is 19.3 Å². The highest BCUT2D eigenvalue weighted by atomic mass is 15.4. The summed E-state index contributed by atoms with van der Waals surface area (Å²) in [6, 6.07) is 0.910. The van der Waals surface area contributed by atoms with Crippen molar-refractivity contribution in [1.29, 1.82) is 0 Å². The van der Waals surface area contributed by atoms with E-state index in [0.717, 1.165) is 19.5 Å². The highest BCUT2D eigenvalue weighted by molar-refractivity contribution is 5.81. The predicted octanol–water partition coefficient (Wildman–Crippen LogP) is 1.13. The molecule has 1 aromatic heterocycles. The first-order valence-electron chi connectivity index (χ1n) is 6.39. The summed E-state index contributed by atoms with van der Waals surface area (Å²) < 4.78 is 2.23. The molecule has 17 heavy (non-hydrogen) atoms. The maximum Gasteiger partial charge on any atom is 0.192 e. The van der Waals surface area contributed by atoms with Crippen LogP contribution in [0, 0.1) is 0 Å². The van der Waals surface area contributed by atoms with Crippen LogP contribution < -0.4 is 5.73 Å². The third kappa shape index (κ3) is 1.79. The first-order valence-corrected chi connectivity index (χ1v) is 6.39. The highest BCUT2D eigenvalue weighted by Crippen LogP contribution is 2.36. The van der Waals surface area contributed by atoms with Gasteiger partial charge in [-0.15, -0.1) is 0 Å². The van der Waals surface area contributed by atoms with Crippen molar-refractivity contribution < 1.29 is 0 Å². The molecule has 5 heteroatoms. The second kappa shape index (κ2) is 4.05. The Morgan fingerprint density at radius 3 is 3.00 bits per heavy atom. The fourth-order valence-corrected chi connectivity index (χ4v) is 2.58. The first-order chi connectivity index (χ1) is 8.31. The van der Waals surface area contributed by atoms with Gasteiger partial charge < -0.3 is 15.2 Å². The molecule has 1 aromatic rings. The van der Waals surface area contributed by atoms with Crippen molar-refractivity contribution in [2.45, 2.75) is 44.8 Å². The van der Waals surface area contributed by atoms with Crippen LogP contribution in [0.4, 0.5) is 0 Å². The van der Waals surface area contributed by atoms with Crippen molar-refractivity contribution >= 4 is 5.96 Å². The zero-order valence-corrected chi connectivity index (χ0v) is 10.2. The number of nitrogens with two attached hydrogens (primary N) is 1. The van der Waals surface area contributed by atoms with E-state index in [2.05, 4.69) is 26.4 Å². The van der Waals surface area contributed by atoms with E-state index in [1.165, 1.54) is 18.5 Å². The Kier molecular flexibility index (Phi) is 2.53. The minimum atomic E-state index is 0.302. The average Bonchev–Trinajstić information content (AvgIpc) is 2.93. The fraction of sp³-hybridized carbons (Fsp3) is 0.667. The van der Waals surface area contributed by atoms with Gasteiger partial charge in [0.15, 0.2) is 5.96 Å². The summed E-state index contributed by atoms with van der Waals surface area (Å²) in [6.45, 7) is 3.98. The van der Waals surface area contributed by atoms with Crippen molar-refractivity contribution in [2.24, 2.45) is 10.7 Å². The van der Waals surface area contributed by atoms with Crippen LogP contribution in [0.25, 0.3) is 0 Å². The van der Waals surface area contributed by atoms with Crippen LogP contribution in [0.3, 0.4) is 0 Å². The minimum Gasteiger partial charge on any atom is -0.370 e. The van der Waals surface area contributed by atoms with E-state index >= 15 is 0 Å². The van der Waals surface area contributed by atoms with Gasteiger partial charge >= 0.3 is 0 Å². The first kappa shape index (κ1) is 10.6. The van der Waals surface area contributed by atoms with Gasteiger partial charge in [0.05, 0.1) is 30.8 Å². The Morgan fingerprint density at radius 1 is 1.47 bits per heavy atom. The van der Waals surface area contributed by atoms with E-state index in [-0.39, 0.29) is 0 Å². The van der Waals surface area contributed by atoms with E-state index in [4.69, 9.17) is 5.73 Å². The van der Waals surface area contributed by atoms with Gasteiger partial charge in [0.1, 0.15) is 0 Å². The number of aliphatic imine (C=N–C) groups is 1. The lowest BCUT2D eigenvalue weighted by Crippen LogP contribution is -2.38. The van der Waals surface area contributed by atoms with Crippen molar-refractivity contribution in [3.63, 3.8) is 0 Å². The van der Waals surface area contributed by atoms with E-state index in [9.17, 15) is 0 Å². The summed E-state index contributed by atoms with van der Waals surface area (Å²) in [5.41, 5.74) is 7.24. The quantitative estimate of drug-likeness (QED) is 0.848. The van der Waals surface area contributed by atoms with Crippen molar-refractivity contribution in [2.75, 3.05) is 6.54 Å². The number of guanidine groups is 1. The van der Waals surface area contributed by atoms with Crippen LogP contribution in [0.15, 0.2) is 17.5 Å². The zero-order valence-electron chi connectivity index (χ0n) is 10.2. The van der Waals surface area contributed by atoms with Gasteiger partial charge in [0, 0.05) is 12.6 Å². The molecule has 1 fully saturated rings. The van der Waals surface area contributed by atoms with Crippen LogP contribution in [-0.2, 0) is 6.54 Å². The summed E-state index contributed by atoms with van der Waals surface area (Å²) >= 11 is 0. The van der Waals surface area contributed by atoms with E-state index in [1.807, 2.05) is 12.5 Å². The molecule has 1 unspecified atom stereocenters. The van der Waals surface area contributed by atoms with Gasteiger partial charge in [-0.25, -0.2) is 4.98 Å². The lowest BCUT2D eigenvalue weighted by molar-refractivity contribution is 0.323. The largest absolute Gasteiger partial charge is 0.370 e. The Bertz CT molecular complexity index is 432. The maximum absolute atomic E-state index is 5.99. The number of hydrogen-bond donors (Lipinski definition) is 1. The Balaban J connectivity index is 1.85. The molecule has 3 rings (SSSR count). The monoisotopic (exact) mass is 233 g/mol. The van der Waals surface area contributed by atoms with E-state index in [1.54, 1.807) is 0 Å². The van der Waals surface area contributed by atoms with Gasteiger partial charge in [0.2, 0.25) is 0 Å². The van der Waals surface area contributed by atoms with Crippen LogP contribution in [-0.4, -0.2) is 33.0 Å². The van der Waals surface area contributed by atoms with Gasteiger partial charge in [-0.1, -0.05) is 6.92 Å². The molecule has 0 bridgehead atoms. The van der Waals surface area contributed by atoms with Crippen LogP contribution in [0.5, 0.6) is 0 Å². The standard InChI is InChI=1S/C12H19N5/c1-2-5-16-8-14-6-10(16)11-7-15-12(13)17(11)9-3-4-9/h6,8-9,11H,2-5,7H2,1H3,(H2,13,15). The minimum absolute atomic E-state index is 0.302. The fourth-order valence-electron chi connectivity index (χ4n) is 2.58. The summed E-state index contributed by atoms with van der Waals surface area (Å²) in [5, 5.41) is 0. The number of imidazole rings is 1. The van der Waals surface area contributed by atoms with Crippen molar-refractivity contribution in [3.05, 3.63) is 18.2 Å². The highest BCUT2D eigenvalue weighted by Gasteiger charge is 2.39.